The molecule has 0 atom stereocenters. The molecule has 2 amide bonds. The maximum atomic E-state index is 12.8. The lowest BCUT2D eigenvalue weighted by Gasteiger charge is -2.11. The van der Waals surface area contributed by atoms with Crippen molar-refractivity contribution < 1.29 is 18.7 Å². The second-order valence-corrected chi connectivity index (χ2v) is 5.46. The molecule has 0 aliphatic carbocycles. The van der Waals surface area contributed by atoms with Crippen LogP contribution in [0.5, 0.6) is 5.75 Å². The van der Waals surface area contributed by atoms with Crippen molar-refractivity contribution in [1.82, 2.24) is 10.9 Å². The molecule has 5 nitrogen and oxygen atoms in total. The van der Waals surface area contributed by atoms with Crippen LogP contribution in [0.3, 0.4) is 0 Å². The fourth-order valence-corrected chi connectivity index (χ4v) is 2.01. The number of benzene rings is 2. The summed E-state index contributed by atoms with van der Waals surface area (Å²) in [6.45, 7) is 3.61. The Morgan fingerprint density at radius 3 is 2.38 bits per heavy atom. The minimum atomic E-state index is -0.469. The molecule has 2 rings (SSSR count). The van der Waals surface area contributed by atoms with E-state index < -0.39 is 11.8 Å². The smallest absolute Gasteiger partial charge is 0.276 e. The average Bonchev–Trinajstić information content (AvgIpc) is 2.56. The number of hydrogen-bond acceptors (Lipinski definition) is 3. The van der Waals surface area contributed by atoms with Gasteiger partial charge in [0.2, 0.25) is 5.91 Å². The van der Waals surface area contributed by atoms with Crippen LogP contribution in [0.4, 0.5) is 4.39 Å². The molecule has 2 aromatic carbocycles. The lowest BCUT2D eigenvalue weighted by atomic mass is 10.1. The van der Waals surface area contributed by atoms with Gasteiger partial charge in [-0.05, 0) is 48.7 Å². The summed E-state index contributed by atoms with van der Waals surface area (Å²) in [6.07, 6.45) is 0.0401. The van der Waals surface area contributed by atoms with Crippen LogP contribution in [0, 0.1) is 19.7 Å². The predicted octanol–water partition coefficient (Wildman–Crippen LogP) is 2.21. The summed E-state index contributed by atoms with van der Waals surface area (Å²) in [5.41, 5.74) is 7.18. The highest BCUT2D eigenvalue weighted by Crippen LogP contribution is 2.18. The molecule has 0 radical (unpaired) electrons. The Labute approximate surface area is 139 Å². The van der Waals surface area contributed by atoms with Crippen LogP contribution in [-0.2, 0) is 16.0 Å². The molecule has 0 aliphatic rings. The number of amides is 2. The number of carbonyl (C=O) groups excluding carboxylic acids is 2. The topological polar surface area (TPSA) is 67.4 Å². The monoisotopic (exact) mass is 330 g/mol. The van der Waals surface area contributed by atoms with Gasteiger partial charge in [-0.25, -0.2) is 4.39 Å². The Morgan fingerprint density at radius 2 is 1.67 bits per heavy atom. The Kier molecular flexibility index (Phi) is 5.89. The van der Waals surface area contributed by atoms with E-state index in [1.807, 2.05) is 32.0 Å². The average molecular weight is 330 g/mol. The Balaban J connectivity index is 1.75. The minimum Gasteiger partial charge on any atom is -0.483 e. The maximum Gasteiger partial charge on any atom is 0.276 e. The zero-order chi connectivity index (χ0) is 17.5. The SMILES string of the molecule is Cc1ccc(C)c(OCC(=O)NNC(=O)Cc2ccc(F)cc2)c1. The number of halogens is 1. The fraction of sp³-hybridized carbons (Fsp3) is 0.222. The molecule has 6 heteroatoms. The van der Waals surface area contributed by atoms with E-state index in [0.717, 1.165) is 11.1 Å². The van der Waals surface area contributed by atoms with Crippen LogP contribution in [0.15, 0.2) is 42.5 Å². The third kappa shape index (κ3) is 5.39. The fourth-order valence-electron chi connectivity index (χ4n) is 2.01. The first kappa shape index (κ1) is 17.5. The van der Waals surface area contributed by atoms with E-state index in [1.54, 1.807) is 0 Å². The summed E-state index contributed by atoms with van der Waals surface area (Å²) >= 11 is 0. The first-order valence-electron chi connectivity index (χ1n) is 7.46. The minimum absolute atomic E-state index is 0.0401. The summed E-state index contributed by atoms with van der Waals surface area (Å²) in [5, 5.41) is 0. The second kappa shape index (κ2) is 8.10. The molecule has 0 unspecified atom stereocenters. The molecule has 0 fully saturated rings. The van der Waals surface area contributed by atoms with E-state index in [4.69, 9.17) is 4.74 Å². The van der Waals surface area contributed by atoms with Crippen molar-refractivity contribution in [2.45, 2.75) is 20.3 Å². The standard InChI is InChI=1S/C18H19FN2O3/c1-12-3-4-13(2)16(9-12)24-11-18(23)21-20-17(22)10-14-5-7-15(19)8-6-14/h3-9H,10-11H2,1-2H3,(H,20,22)(H,21,23). The van der Waals surface area contributed by atoms with Crippen molar-refractivity contribution >= 4 is 11.8 Å². The van der Waals surface area contributed by atoms with E-state index in [9.17, 15) is 14.0 Å². The molecular formula is C18H19FN2O3. The summed E-state index contributed by atoms with van der Waals surface area (Å²) in [5.74, 6) is -0.608. The maximum absolute atomic E-state index is 12.8. The molecule has 0 aromatic heterocycles. The number of ether oxygens (including phenoxy) is 1. The highest BCUT2D eigenvalue weighted by molar-refractivity contribution is 5.83. The Morgan fingerprint density at radius 1 is 1.00 bits per heavy atom. The van der Waals surface area contributed by atoms with Crippen LogP contribution in [0.1, 0.15) is 16.7 Å². The van der Waals surface area contributed by atoms with Crippen LogP contribution >= 0.6 is 0 Å². The van der Waals surface area contributed by atoms with Crippen molar-refractivity contribution in [2.24, 2.45) is 0 Å². The first-order chi connectivity index (χ1) is 11.4. The third-order valence-electron chi connectivity index (χ3n) is 3.32. The number of hydrogen-bond donors (Lipinski definition) is 2. The van der Waals surface area contributed by atoms with E-state index in [1.165, 1.54) is 24.3 Å². The highest BCUT2D eigenvalue weighted by atomic mass is 19.1. The molecular weight excluding hydrogens is 311 g/mol. The second-order valence-electron chi connectivity index (χ2n) is 5.46. The number of aryl methyl sites for hydroxylation is 2. The van der Waals surface area contributed by atoms with Gasteiger partial charge in [0.1, 0.15) is 11.6 Å². The van der Waals surface area contributed by atoms with Crippen LogP contribution < -0.4 is 15.6 Å². The largest absolute Gasteiger partial charge is 0.483 e. The van der Waals surface area contributed by atoms with Crippen LogP contribution in [0.25, 0.3) is 0 Å². The van der Waals surface area contributed by atoms with Gasteiger partial charge in [0.05, 0.1) is 6.42 Å². The van der Waals surface area contributed by atoms with Gasteiger partial charge in [-0.3, -0.25) is 20.4 Å². The third-order valence-corrected chi connectivity index (χ3v) is 3.32. The van der Waals surface area contributed by atoms with Gasteiger partial charge < -0.3 is 4.74 Å². The lowest BCUT2D eigenvalue weighted by Crippen LogP contribution is -2.44. The van der Waals surface area contributed by atoms with E-state index in [2.05, 4.69) is 10.9 Å². The van der Waals surface area contributed by atoms with Gasteiger partial charge in [0, 0.05) is 0 Å². The first-order valence-corrected chi connectivity index (χ1v) is 7.46. The van der Waals surface area contributed by atoms with E-state index in [-0.39, 0.29) is 18.8 Å². The Hall–Kier alpha value is -2.89. The van der Waals surface area contributed by atoms with Crippen molar-refractivity contribution in [3.05, 3.63) is 65.0 Å². The summed E-state index contributed by atoms with van der Waals surface area (Å²) < 4.78 is 18.2. The Bertz CT molecular complexity index is 730. The number of rotatable bonds is 5. The van der Waals surface area contributed by atoms with Crippen molar-refractivity contribution in [3.8, 4) is 5.75 Å². The number of nitrogens with one attached hydrogen (secondary N) is 2. The molecule has 0 spiro atoms. The molecule has 0 heterocycles. The number of hydrazine groups is 1. The zero-order valence-electron chi connectivity index (χ0n) is 13.6. The molecule has 0 saturated heterocycles. The van der Waals surface area contributed by atoms with Gasteiger partial charge in [0.25, 0.3) is 5.91 Å². The van der Waals surface area contributed by atoms with E-state index in [0.29, 0.717) is 11.3 Å². The van der Waals surface area contributed by atoms with Crippen LogP contribution in [0.2, 0.25) is 0 Å². The molecule has 2 N–H and O–H groups in total. The normalized spacial score (nSPS) is 10.1. The van der Waals surface area contributed by atoms with Crippen LogP contribution in [-0.4, -0.2) is 18.4 Å². The molecule has 0 bridgehead atoms. The van der Waals surface area contributed by atoms with Crippen molar-refractivity contribution in [2.75, 3.05) is 6.61 Å². The van der Waals surface area contributed by atoms with Gasteiger partial charge >= 0.3 is 0 Å². The van der Waals surface area contributed by atoms with Crippen molar-refractivity contribution in [3.63, 3.8) is 0 Å². The quantitative estimate of drug-likeness (QED) is 0.826. The highest BCUT2D eigenvalue weighted by Gasteiger charge is 2.08. The summed E-state index contributed by atoms with van der Waals surface area (Å²) in [7, 11) is 0. The predicted molar refractivity (Wildman–Crippen MR) is 87.8 cm³/mol. The van der Waals surface area contributed by atoms with Gasteiger partial charge in [-0.2, -0.15) is 0 Å². The van der Waals surface area contributed by atoms with Gasteiger partial charge in [-0.15, -0.1) is 0 Å². The van der Waals surface area contributed by atoms with Gasteiger partial charge in [-0.1, -0.05) is 24.3 Å². The molecule has 126 valence electrons. The molecule has 0 aliphatic heterocycles. The summed E-state index contributed by atoms with van der Waals surface area (Å²) in [6, 6.07) is 11.3. The molecule has 24 heavy (non-hydrogen) atoms. The van der Waals surface area contributed by atoms with Crippen molar-refractivity contribution in [1.29, 1.82) is 0 Å². The van der Waals surface area contributed by atoms with E-state index >= 15 is 0 Å². The number of carbonyl (C=O) groups is 2. The zero-order valence-corrected chi connectivity index (χ0v) is 13.6. The lowest BCUT2D eigenvalue weighted by molar-refractivity contribution is -0.129. The molecule has 2 aromatic rings. The summed E-state index contributed by atoms with van der Waals surface area (Å²) in [4.78, 5) is 23.4. The van der Waals surface area contributed by atoms with Gasteiger partial charge in [0.15, 0.2) is 6.61 Å². The molecule has 0 saturated carbocycles.